The number of ether oxygens (including phenoxy) is 1. The largest absolute Gasteiger partial charge is 0.488 e. The van der Waals surface area contributed by atoms with Crippen LogP contribution in [0.2, 0.25) is 0 Å². The van der Waals surface area contributed by atoms with Crippen LogP contribution in [0.5, 0.6) is 5.75 Å². The van der Waals surface area contributed by atoms with Crippen molar-refractivity contribution in [2.45, 2.75) is 13.5 Å². The number of hydrogen-bond acceptors (Lipinski definition) is 3. The van der Waals surface area contributed by atoms with Crippen LogP contribution in [0, 0.1) is 21.8 Å². The summed E-state index contributed by atoms with van der Waals surface area (Å²) in [6.07, 6.45) is 1.58. The highest BCUT2D eigenvalue weighted by Crippen LogP contribution is 2.25. The lowest BCUT2D eigenvalue weighted by atomic mass is 10.1. The molecular formula is C28H21IN2O2. The van der Waals surface area contributed by atoms with Gasteiger partial charge < -0.3 is 10.1 Å². The smallest absolute Gasteiger partial charge is 0.266 e. The fourth-order valence-electron chi connectivity index (χ4n) is 3.45. The van der Waals surface area contributed by atoms with E-state index in [9.17, 15) is 10.1 Å². The summed E-state index contributed by atoms with van der Waals surface area (Å²) >= 11 is 2.20. The van der Waals surface area contributed by atoms with Crippen LogP contribution in [0.15, 0.2) is 90.5 Å². The summed E-state index contributed by atoms with van der Waals surface area (Å²) in [5, 5.41) is 14.7. The second kappa shape index (κ2) is 10.3. The first-order chi connectivity index (χ1) is 16.0. The van der Waals surface area contributed by atoms with Gasteiger partial charge in [0.25, 0.3) is 5.91 Å². The zero-order valence-electron chi connectivity index (χ0n) is 18.0. The first-order valence-electron chi connectivity index (χ1n) is 10.4. The van der Waals surface area contributed by atoms with E-state index in [0.717, 1.165) is 26.0 Å². The molecule has 33 heavy (non-hydrogen) atoms. The van der Waals surface area contributed by atoms with Gasteiger partial charge in [0, 0.05) is 5.69 Å². The monoisotopic (exact) mass is 544 g/mol. The number of aryl methyl sites for hydroxylation is 1. The van der Waals surface area contributed by atoms with Crippen molar-refractivity contribution in [2.75, 3.05) is 5.32 Å². The number of carbonyl (C=O) groups excluding carboxylic acids is 1. The minimum Gasteiger partial charge on any atom is -0.488 e. The molecule has 0 heterocycles. The maximum absolute atomic E-state index is 12.5. The molecule has 162 valence electrons. The van der Waals surface area contributed by atoms with Gasteiger partial charge in [-0.25, -0.2) is 0 Å². The number of halogens is 1. The third kappa shape index (κ3) is 5.79. The van der Waals surface area contributed by atoms with Crippen molar-refractivity contribution in [3.8, 4) is 11.8 Å². The third-order valence-electron chi connectivity index (χ3n) is 5.12. The van der Waals surface area contributed by atoms with E-state index in [4.69, 9.17) is 4.74 Å². The van der Waals surface area contributed by atoms with Crippen LogP contribution in [-0.2, 0) is 11.4 Å². The highest BCUT2D eigenvalue weighted by molar-refractivity contribution is 14.1. The Balaban J connectivity index is 1.45. The molecule has 0 aromatic heterocycles. The first-order valence-corrected chi connectivity index (χ1v) is 11.5. The molecule has 0 bridgehead atoms. The Kier molecular flexibility index (Phi) is 7.06. The zero-order valence-corrected chi connectivity index (χ0v) is 20.2. The molecule has 4 aromatic carbocycles. The van der Waals surface area contributed by atoms with E-state index in [2.05, 4.69) is 58.2 Å². The molecule has 0 saturated heterocycles. The van der Waals surface area contributed by atoms with E-state index in [1.165, 1.54) is 10.8 Å². The van der Waals surface area contributed by atoms with Crippen molar-refractivity contribution in [1.29, 1.82) is 5.26 Å². The Hall–Kier alpha value is -3.63. The summed E-state index contributed by atoms with van der Waals surface area (Å²) in [6, 6.07) is 29.6. The molecule has 0 radical (unpaired) electrons. The number of hydrogen-bond donors (Lipinski definition) is 1. The van der Waals surface area contributed by atoms with E-state index >= 15 is 0 Å². The van der Waals surface area contributed by atoms with Crippen molar-refractivity contribution in [1.82, 2.24) is 0 Å². The molecule has 0 fully saturated rings. The van der Waals surface area contributed by atoms with Crippen molar-refractivity contribution < 1.29 is 9.53 Å². The molecule has 4 rings (SSSR count). The molecule has 0 atom stereocenters. The van der Waals surface area contributed by atoms with Gasteiger partial charge in [-0.1, -0.05) is 54.6 Å². The van der Waals surface area contributed by atoms with Crippen LogP contribution in [0.1, 0.15) is 16.7 Å². The average Bonchev–Trinajstić information content (AvgIpc) is 2.81. The van der Waals surface area contributed by atoms with Gasteiger partial charge in [0.05, 0.1) is 3.57 Å². The second-order valence-corrected chi connectivity index (χ2v) is 8.82. The van der Waals surface area contributed by atoms with Gasteiger partial charge in [0.2, 0.25) is 0 Å². The standard InChI is InChI=1S/C28H21IN2O2/c1-19-5-4-8-25(13-19)31-28(32)24(17-30)14-20-10-12-27(26(29)16-20)33-18-21-9-11-22-6-2-3-7-23(22)15-21/h2-16H,18H2,1H3,(H,31,32)/b24-14-. The highest BCUT2D eigenvalue weighted by atomic mass is 127. The molecule has 0 aliphatic heterocycles. The Labute approximate surface area is 206 Å². The third-order valence-corrected chi connectivity index (χ3v) is 5.96. The van der Waals surface area contributed by atoms with Gasteiger partial charge in [-0.2, -0.15) is 5.26 Å². The predicted molar refractivity (Wildman–Crippen MR) is 141 cm³/mol. The number of nitrogens with one attached hydrogen (secondary N) is 1. The van der Waals surface area contributed by atoms with E-state index in [0.29, 0.717) is 12.3 Å². The van der Waals surface area contributed by atoms with Crippen molar-refractivity contribution >= 4 is 51.0 Å². The Morgan fingerprint density at radius 2 is 1.82 bits per heavy atom. The summed E-state index contributed by atoms with van der Waals surface area (Å²) in [5.74, 6) is 0.318. The molecule has 0 unspecified atom stereocenters. The topological polar surface area (TPSA) is 62.1 Å². The summed E-state index contributed by atoms with van der Waals surface area (Å²) in [7, 11) is 0. The molecule has 4 nitrogen and oxygen atoms in total. The minimum atomic E-state index is -0.435. The molecule has 1 N–H and O–H groups in total. The number of nitriles is 1. The van der Waals surface area contributed by atoms with E-state index in [1.807, 2.05) is 61.5 Å². The van der Waals surface area contributed by atoms with Crippen molar-refractivity contribution in [2.24, 2.45) is 0 Å². The SMILES string of the molecule is Cc1cccc(NC(=O)/C(C#N)=C\c2ccc(OCc3ccc4ccccc4c3)c(I)c2)c1. The Morgan fingerprint density at radius 1 is 1.00 bits per heavy atom. The minimum absolute atomic E-state index is 0.0390. The van der Waals surface area contributed by atoms with Crippen LogP contribution in [0.4, 0.5) is 5.69 Å². The molecular weight excluding hydrogens is 523 g/mol. The van der Waals surface area contributed by atoms with Crippen LogP contribution in [0.3, 0.4) is 0 Å². The van der Waals surface area contributed by atoms with Gasteiger partial charge in [-0.05, 0) is 93.4 Å². The quantitative estimate of drug-likeness (QED) is 0.164. The van der Waals surface area contributed by atoms with E-state index < -0.39 is 5.91 Å². The molecule has 4 aromatic rings. The number of fused-ring (bicyclic) bond motifs is 1. The van der Waals surface area contributed by atoms with E-state index in [1.54, 1.807) is 12.1 Å². The zero-order chi connectivity index (χ0) is 23.2. The average molecular weight is 544 g/mol. The predicted octanol–water partition coefficient (Wildman–Crippen LogP) is 6.88. The summed E-state index contributed by atoms with van der Waals surface area (Å²) in [6.45, 7) is 2.40. The number of amides is 1. The Morgan fingerprint density at radius 3 is 2.58 bits per heavy atom. The molecule has 0 saturated carbocycles. The normalized spacial score (nSPS) is 11.1. The molecule has 1 amide bonds. The highest BCUT2D eigenvalue weighted by Gasteiger charge is 2.11. The number of benzene rings is 4. The van der Waals surface area contributed by atoms with Gasteiger partial charge in [0.1, 0.15) is 24.0 Å². The number of nitrogens with zero attached hydrogens (tertiary/aromatic N) is 1. The number of anilines is 1. The van der Waals surface area contributed by atoms with Crippen molar-refractivity contribution in [3.63, 3.8) is 0 Å². The van der Waals surface area contributed by atoms with E-state index in [-0.39, 0.29) is 5.57 Å². The molecule has 5 heteroatoms. The first kappa shape index (κ1) is 22.6. The van der Waals surface area contributed by atoms with Crippen LogP contribution >= 0.6 is 22.6 Å². The molecule has 0 aliphatic rings. The summed E-state index contributed by atoms with van der Waals surface area (Å²) in [5.41, 5.74) is 3.58. The number of carbonyl (C=O) groups is 1. The maximum atomic E-state index is 12.5. The fraction of sp³-hybridized carbons (Fsp3) is 0.0714. The van der Waals surface area contributed by atoms with Gasteiger partial charge >= 0.3 is 0 Å². The molecule has 0 spiro atoms. The Bertz CT molecular complexity index is 1400. The summed E-state index contributed by atoms with van der Waals surface area (Å²) < 4.78 is 6.92. The lowest BCUT2D eigenvalue weighted by Crippen LogP contribution is -2.13. The van der Waals surface area contributed by atoms with Gasteiger partial charge in [-0.3, -0.25) is 4.79 Å². The molecule has 0 aliphatic carbocycles. The lowest BCUT2D eigenvalue weighted by molar-refractivity contribution is -0.112. The fourth-order valence-corrected chi connectivity index (χ4v) is 4.15. The second-order valence-electron chi connectivity index (χ2n) is 7.65. The van der Waals surface area contributed by atoms with Gasteiger partial charge in [-0.15, -0.1) is 0 Å². The van der Waals surface area contributed by atoms with Crippen LogP contribution < -0.4 is 10.1 Å². The maximum Gasteiger partial charge on any atom is 0.266 e. The summed E-state index contributed by atoms with van der Waals surface area (Å²) in [4.78, 5) is 12.5. The number of rotatable bonds is 6. The van der Waals surface area contributed by atoms with Crippen LogP contribution in [-0.4, -0.2) is 5.91 Å². The van der Waals surface area contributed by atoms with Crippen molar-refractivity contribution in [3.05, 3.63) is 111 Å². The van der Waals surface area contributed by atoms with Gasteiger partial charge in [0.15, 0.2) is 0 Å². The van der Waals surface area contributed by atoms with Crippen LogP contribution in [0.25, 0.3) is 16.8 Å². The lowest BCUT2D eigenvalue weighted by Gasteiger charge is -2.10.